The van der Waals surface area contributed by atoms with E-state index in [1.165, 1.54) is 24.3 Å². The summed E-state index contributed by atoms with van der Waals surface area (Å²) in [6, 6.07) is 4.86. The molecule has 0 unspecified atom stereocenters. The monoisotopic (exact) mass is 379 g/mol. The van der Waals surface area contributed by atoms with E-state index in [2.05, 4.69) is 28.1 Å². The number of fused-ring (bicyclic) bond motifs is 1. The number of ether oxygens (including phenoxy) is 2. The van der Waals surface area contributed by atoms with Crippen LogP contribution in [0.15, 0.2) is 24.4 Å². The average molecular weight is 380 g/mol. The molecule has 0 aliphatic heterocycles. The van der Waals surface area contributed by atoms with Crippen molar-refractivity contribution in [1.29, 1.82) is 0 Å². The Balaban J connectivity index is 2.16. The number of nitrogens with one attached hydrogen (secondary N) is 1. The third-order valence-electron chi connectivity index (χ3n) is 3.54. The minimum atomic E-state index is -0.633. The summed E-state index contributed by atoms with van der Waals surface area (Å²) in [6.45, 7) is 0. The highest BCUT2D eigenvalue weighted by molar-refractivity contribution is 7.78. The van der Waals surface area contributed by atoms with E-state index in [1.54, 1.807) is 18.3 Å². The highest BCUT2D eigenvalue weighted by atomic mass is 35.5. The third-order valence-corrected chi connectivity index (χ3v) is 4.03. The van der Waals surface area contributed by atoms with Crippen LogP contribution in [0.2, 0.25) is 5.28 Å². The molecular formula is C15H14ClN5O3S. The number of amides is 1. The summed E-state index contributed by atoms with van der Waals surface area (Å²) in [5.41, 5.74) is 6.61. The first-order valence-corrected chi connectivity index (χ1v) is 7.79. The van der Waals surface area contributed by atoms with Crippen molar-refractivity contribution in [2.75, 3.05) is 19.5 Å². The Morgan fingerprint density at radius 3 is 2.60 bits per heavy atom. The highest BCUT2D eigenvalue weighted by Gasteiger charge is 2.17. The van der Waals surface area contributed by atoms with Gasteiger partial charge in [-0.05, 0) is 23.7 Å². The van der Waals surface area contributed by atoms with Crippen LogP contribution in [0.3, 0.4) is 0 Å². The van der Waals surface area contributed by atoms with Gasteiger partial charge in [0.1, 0.15) is 5.82 Å². The van der Waals surface area contributed by atoms with Gasteiger partial charge in [-0.15, -0.1) is 0 Å². The number of halogens is 1. The molecule has 130 valence electrons. The van der Waals surface area contributed by atoms with Gasteiger partial charge in [-0.25, -0.2) is 0 Å². The number of thiol groups is 1. The summed E-state index contributed by atoms with van der Waals surface area (Å²) < 4.78 is 12.0. The maximum atomic E-state index is 11.8. The number of hydrogen-bond acceptors (Lipinski definition) is 7. The number of carbonyl (C=O) groups excluding carboxylic acids is 1. The lowest BCUT2D eigenvalue weighted by atomic mass is 10.1. The smallest absolute Gasteiger partial charge is 0.250 e. The van der Waals surface area contributed by atoms with E-state index in [0.717, 1.165) is 0 Å². The van der Waals surface area contributed by atoms with Crippen LogP contribution in [0.1, 0.15) is 10.4 Å². The Hall–Kier alpha value is -2.65. The molecule has 25 heavy (non-hydrogen) atoms. The molecular weight excluding hydrogens is 366 g/mol. The molecule has 0 bridgehead atoms. The van der Waals surface area contributed by atoms with Crippen LogP contribution in [0.25, 0.3) is 11.0 Å². The lowest BCUT2D eigenvalue weighted by molar-refractivity contribution is 0.100. The number of nitrogens with two attached hydrogens (primary N) is 1. The molecule has 2 aromatic heterocycles. The van der Waals surface area contributed by atoms with E-state index in [-0.39, 0.29) is 10.8 Å². The van der Waals surface area contributed by atoms with Crippen molar-refractivity contribution in [3.05, 3.63) is 35.2 Å². The molecule has 10 heteroatoms. The van der Waals surface area contributed by atoms with Crippen molar-refractivity contribution in [2.24, 2.45) is 5.73 Å². The summed E-state index contributed by atoms with van der Waals surface area (Å²) in [7, 11) is 2.96. The van der Waals surface area contributed by atoms with Gasteiger partial charge >= 0.3 is 0 Å². The summed E-state index contributed by atoms with van der Waals surface area (Å²) >= 11 is 10.2. The Kier molecular flexibility index (Phi) is 4.60. The zero-order valence-corrected chi connectivity index (χ0v) is 14.9. The first-order chi connectivity index (χ1) is 11.9. The fourth-order valence-corrected chi connectivity index (χ4v) is 2.77. The van der Waals surface area contributed by atoms with E-state index >= 15 is 0 Å². The largest absolute Gasteiger partial charge is 0.493 e. The molecule has 1 aromatic carbocycles. The SMILES string of the molecule is COc1cc(Nc2nc(Cl)nc3c2ccn3S)c(C(N)=O)cc1OC. The molecule has 0 spiro atoms. The number of benzene rings is 1. The Labute approximate surface area is 153 Å². The number of primary amides is 1. The lowest BCUT2D eigenvalue weighted by Gasteiger charge is -2.15. The number of rotatable bonds is 5. The van der Waals surface area contributed by atoms with E-state index in [9.17, 15) is 4.79 Å². The molecule has 0 aliphatic rings. The molecule has 0 radical (unpaired) electrons. The van der Waals surface area contributed by atoms with Crippen LogP contribution in [-0.4, -0.2) is 34.1 Å². The normalized spacial score (nSPS) is 10.7. The maximum absolute atomic E-state index is 11.8. The van der Waals surface area contributed by atoms with Gasteiger partial charge in [0.2, 0.25) is 5.28 Å². The fourth-order valence-electron chi connectivity index (χ4n) is 2.38. The molecule has 0 aliphatic carbocycles. The predicted molar refractivity (Wildman–Crippen MR) is 98.3 cm³/mol. The van der Waals surface area contributed by atoms with Gasteiger partial charge in [0, 0.05) is 12.3 Å². The van der Waals surface area contributed by atoms with Crippen molar-refractivity contribution >= 4 is 52.9 Å². The maximum Gasteiger partial charge on any atom is 0.250 e. The number of aromatic nitrogens is 3. The second-order valence-electron chi connectivity index (χ2n) is 4.98. The zero-order chi connectivity index (χ0) is 18.1. The van der Waals surface area contributed by atoms with Gasteiger partial charge in [-0.2, -0.15) is 9.97 Å². The number of hydrogen-bond donors (Lipinski definition) is 3. The van der Waals surface area contributed by atoms with E-state index in [4.69, 9.17) is 26.8 Å². The highest BCUT2D eigenvalue weighted by Crippen LogP contribution is 2.35. The molecule has 3 N–H and O–H groups in total. The quantitative estimate of drug-likeness (QED) is 0.465. The van der Waals surface area contributed by atoms with Crippen LogP contribution in [0, 0.1) is 0 Å². The molecule has 0 saturated carbocycles. The molecule has 8 nitrogen and oxygen atoms in total. The molecule has 1 amide bonds. The Morgan fingerprint density at radius 2 is 1.96 bits per heavy atom. The standard InChI is InChI=1S/C15H14ClN5O3S/c1-23-10-5-8(12(17)22)9(6-11(10)24-2)18-13-7-3-4-21(25)14(7)20-15(16)19-13/h3-6,25H,1-2H3,(H2,17,22)(H,18,19,20). The third kappa shape index (κ3) is 3.15. The first-order valence-electron chi connectivity index (χ1n) is 7.01. The minimum Gasteiger partial charge on any atom is -0.493 e. The molecule has 0 fully saturated rings. The molecule has 2 heterocycles. The summed E-state index contributed by atoms with van der Waals surface area (Å²) in [5.74, 6) is 0.580. The zero-order valence-electron chi connectivity index (χ0n) is 13.3. The average Bonchev–Trinajstić information content (AvgIpc) is 2.95. The molecule has 0 atom stereocenters. The van der Waals surface area contributed by atoms with Gasteiger partial charge < -0.3 is 20.5 Å². The van der Waals surface area contributed by atoms with Crippen LogP contribution in [0.4, 0.5) is 11.5 Å². The van der Waals surface area contributed by atoms with Crippen LogP contribution in [-0.2, 0) is 0 Å². The summed E-state index contributed by atoms with van der Waals surface area (Å²) in [5, 5.41) is 3.76. The number of methoxy groups -OCH3 is 2. The van der Waals surface area contributed by atoms with Gasteiger partial charge in [0.15, 0.2) is 17.1 Å². The van der Waals surface area contributed by atoms with Crippen LogP contribution >= 0.6 is 24.4 Å². The van der Waals surface area contributed by atoms with Crippen molar-refractivity contribution in [1.82, 2.24) is 13.9 Å². The van der Waals surface area contributed by atoms with E-state index < -0.39 is 5.91 Å². The van der Waals surface area contributed by atoms with Gasteiger partial charge in [-0.1, -0.05) is 12.8 Å². The van der Waals surface area contributed by atoms with E-state index in [1.807, 2.05) is 0 Å². The van der Waals surface area contributed by atoms with Gasteiger partial charge in [-0.3, -0.25) is 8.77 Å². The van der Waals surface area contributed by atoms with Gasteiger partial charge in [0.05, 0.1) is 30.9 Å². The van der Waals surface area contributed by atoms with Gasteiger partial charge in [0.25, 0.3) is 5.91 Å². The van der Waals surface area contributed by atoms with Crippen molar-refractivity contribution in [2.45, 2.75) is 0 Å². The van der Waals surface area contributed by atoms with Crippen LogP contribution < -0.4 is 20.5 Å². The van der Waals surface area contributed by atoms with Crippen molar-refractivity contribution < 1.29 is 14.3 Å². The minimum absolute atomic E-state index is 0.0325. The summed E-state index contributed by atoms with van der Waals surface area (Å²) in [6.07, 6.45) is 1.70. The van der Waals surface area contributed by atoms with Crippen molar-refractivity contribution in [3.63, 3.8) is 0 Å². The van der Waals surface area contributed by atoms with Crippen LogP contribution in [0.5, 0.6) is 11.5 Å². The van der Waals surface area contributed by atoms with Crippen molar-refractivity contribution in [3.8, 4) is 11.5 Å². The molecule has 3 rings (SSSR count). The number of anilines is 2. The predicted octanol–water partition coefficient (Wildman–Crippen LogP) is 2.64. The first kappa shape index (κ1) is 17.2. The lowest BCUT2D eigenvalue weighted by Crippen LogP contribution is -2.14. The number of nitrogens with zero attached hydrogens (tertiary/aromatic N) is 3. The number of carbonyl (C=O) groups is 1. The second-order valence-corrected chi connectivity index (χ2v) is 5.75. The Bertz CT molecular complexity index is 975. The molecule has 0 saturated heterocycles. The fraction of sp³-hybridized carbons (Fsp3) is 0.133. The topological polar surface area (TPSA) is 104 Å². The molecule has 3 aromatic rings. The summed E-state index contributed by atoms with van der Waals surface area (Å²) in [4.78, 5) is 20.1. The van der Waals surface area contributed by atoms with E-state index in [0.29, 0.717) is 34.0 Å². The Morgan fingerprint density at radius 1 is 1.28 bits per heavy atom. The second kappa shape index (κ2) is 6.69.